The van der Waals surface area contributed by atoms with Gasteiger partial charge in [-0.15, -0.1) is 11.8 Å². The standard InChI is InChI=1S/C17H18Br2OS/c1-3-10-20-16-9-6-13(11-15(16)18)17(19)12-4-7-14(21-2)8-5-12/h4-9,11,17H,3,10H2,1-2H3. The van der Waals surface area contributed by atoms with E-state index in [1.807, 2.05) is 6.07 Å². The lowest BCUT2D eigenvalue weighted by atomic mass is 10.0. The Balaban J connectivity index is 2.18. The molecule has 0 spiro atoms. The molecule has 1 unspecified atom stereocenters. The van der Waals surface area contributed by atoms with Crippen molar-refractivity contribution in [2.45, 2.75) is 23.1 Å². The third-order valence-electron chi connectivity index (χ3n) is 3.12. The summed E-state index contributed by atoms with van der Waals surface area (Å²) in [5, 5.41) is 0. The number of rotatable bonds is 6. The molecule has 2 rings (SSSR count). The van der Waals surface area contributed by atoms with Crippen LogP contribution < -0.4 is 4.74 Å². The zero-order valence-corrected chi connectivity index (χ0v) is 16.1. The Morgan fingerprint density at radius 2 is 1.76 bits per heavy atom. The molecule has 0 saturated carbocycles. The molecule has 0 radical (unpaired) electrons. The molecule has 21 heavy (non-hydrogen) atoms. The minimum atomic E-state index is 0.185. The van der Waals surface area contributed by atoms with E-state index in [4.69, 9.17) is 4.74 Å². The third-order valence-corrected chi connectivity index (χ3v) is 5.54. The van der Waals surface area contributed by atoms with Gasteiger partial charge in [-0.1, -0.05) is 41.1 Å². The maximum absolute atomic E-state index is 5.69. The van der Waals surface area contributed by atoms with Gasteiger partial charge in [0.05, 0.1) is 15.9 Å². The maximum atomic E-state index is 5.69. The second-order valence-electron chi connectivity index (χ2n) is 4.67. The average molecular weight is 430 g/mol. The summed E-state index contributed by atoms with van der Waals surface area (Å²) in [6.45, 7) is 2.85. The Labute approximate surface area is 147 Å². The minimum Gasteiger partial charge on any atom is -0.492 e. The molecule has 1 atom stereocenters. The van der Waals surface area contributed by atoms with E-state index < -0.39 is 0 Å². The summed E-state index contributed by atoms with van der Waals surface area (Å²) in [6, 6.07) is 14.9. The molecular weight excluding hydrogens is 412 g/mol. The number of hydrogen-bond donors (Lipinski definition) is 0. The van der Waals surface area contributed by atoms with E-state index in [0.29, 0.717) is 0 Å². The highest BCUT2D eigenvalue weighted by Gasteiger charge is 2.12. The molecule has 0 aliphatic heterocycles. The summed E-state index contributed by atoms with van der Waals surface area (Å²) in [4.78, 5) is 1.47. The highest BCUT2D eigenvalue weighted by Crippen LogP contribution is 2.36. The molecule has 1 nitrogen and oxygen atoms in total. The highest BCUT2D eigenvalue weighted by atomic mass is 79.9. The van der Waals surface area contributed by atoms with Gasteiger partial charge in [0, 0.05) is 4.90 Å². The molecule has 0 heterocycles. The number of hydrogen-bond acceptors (Lipinski definition) is 2. The molecule has 0 bridgehead atoms. The normalized spacial score (nSPS) is 12.2. The number of benzene rings is 2. The van der Waals surface area contributed by atoms with Crippen LogP contribution in [0.4, 0.5) is 0 Å². The second-order valence-corrected chi connectivity index (χ2v) is 7.32. The molecule has 0 N–H and O–H groups in total. The van der Waals surface area contributed by atoms with Crippen molar-refractivity contribution < 1.29 is 4.74 Å². The van der Waals surface area contributed by atoms with Gasteiger partial charge in [0.1, 0.15) is 5.75 Å². The fourth-order valence-corrected chi connectivity index (χ4v) is 3.48. The van der Waals surface area contributed by atoms with Gasteiger partial charge in [-0.25, -0.2) is 0 Å². The Hall–Kier alpha value is -0.450. The zero-order valence-electron chi connectivity index (χ0n) is 12.1. The molecule has 4 heteroatoms. The highest BCUT2D eigenvalue weighted by molar-refractivity contribution is 9.10. The van der Waals surface area contributed by atoms with Crippen LogP contribution in [0.5, 0.6) is 5.75 Å². The van der Waals surface area contributed by atoms with Crippen molar-refractivity contribution in [3.63, 3.8) is 0 Å². The van der Waals surface area contributed by atoms with Crippen LogP contribution in [0.25, 0.3) is 0 Å². The smallest absolute Gasteiger partial charge is 0.133 e. The van der Waals surface area contributed by atoms with Gasteiger partial charge < -0.3 is 4.74 Å². The maximum Gasteiger partial charge on any atom is 0.133 e. The van der Waals surface area contributed by atoms with E-state index in [1.165, 1.54) is 16.0 Å². The largest absolute Gasteiger partial charge is 0.492 e. The van der Waals surface area contributed by atoms with Crippen LogP contribution in [0.15, 0.2) is 51.8 Å². The summed E-state index contributed by atoms with van der Waals surface area (Å²) in [7, 11) is 0. The summed E-state index contributed by atoms with van der Waals surface area (Å²) < 4.78 is 6.69. The summed E-state index contributed by atoms with van der Waals surface area (Å²) in [5.41, 5.74) is 2.46. The predicted molar refractivity (Wildman–Crippen MR) is 98.9 cm³/mol. The van der Waals surface area contributed by atoms with Gasteiger partial charge in [0.15, 0.2) is 0 Å². The van der Waals surface area contributed by atoms with Crippen molar-refractivity contribution in [3.8, 4) is 5.75 Å². The first-order chi connectivity index (χ1) is 10.2. The van der Waals surface area contributed by atoms with Crippen LogP contribution in [-0.2, 0) is 0 Å². The van der Waals surface area contributed by atoms with Crippen LogP contribution in [0.2, 0.25) is 0 Å². The van der Waals surface area contributed by atoms with Crippen molar-refractivity contribution in [2.24, 2.45) is 0 Å². The van der Waals surface area contributed by atoms with E-state index in [0.717, 1.165) is 23.2 Å². The topological polar surface area (TPSA) is 9.23 Å². The van der Waals surface area contributed by atoms with Crippen molar-refractivity contribution in [3.05, 3.63) is 58.1 Å². The molecule has 112 valence electrons. The van der Waals surface area contributed by atoms with Gasteiger partial charge in [0.2, 0.25) is 0 Å². The van der Waals surface area contributed by atoms with Crippen LogP contribution in [-0.4, -0.2) is 12.9 Å². The summed E-state index contributed by atoms with van der Waals surface area (Å²) in [6.07, 6.45) is 3.10. The monoisotopic (exact) mass is 428 g/mol. The van der Waals surface area contributed by atoms with Crippen LogP contribution in [0.1, 0.15) is 29.3 Å². The molecular formula is C17H18Br2OS. The fraction of sp³-hybridized carbons (Fsp3) is 0.294. The first-order valence-corrected chi connectivity index (χ1v) is 9.79. The number of ether oxygens (including phenoxy) is 1. The quantitative estimate of drug-likeness (QED) is 0.385. The van der Waals surface area contributed by atoms with E-state index >= 15 is 0 Å². The van der Waals surface area contributed by atoms with Crippen molar-refractivity contribution in [2.75, 3.05) is 12.9 Å². The number of thioether (sulfide) groups is 1. The molecule has 0 aliphatic carbocycles. The lowest BCUT2D eigenvalue weighted by Gasteiger charge is -2.14. The van der Waals surface area contributed by atoms with E-state index in [2.05, 4.69) is 81.4 Å². The van der Waals surface area contributed by atoms with E-state index in [-0.39, 0.29) is 4.83 Å². The van der Waals surface area contributed by atoms with Crippen molar-refractivity contribution in [1.82, 2.24) is 0 Å². The van der Waals surface area contributed by atoms with Gasteiger partial charge in [-0.3, -0.25) is 0 Å². The van der Waals surface area contributed by atoms with Crippen LogP contribution in [0.3, 0.4) is 0 Å². The Morgan fingerprint density at radius 1 is 1.10 bits per heavy atom. The first-order valence-electron chi connectivity index (χ1n) is 6.86. The lowest BCUT2D eigenvalue weighted by molar-refractivity contribution is 0.315. The zero-order chi connectivity index (χ0) is 15.2. The Kier molecular flexibility index (Phi) is 6.65. The SMILES string of the molecule is CCCOc1ccc(C(Br)c2ccc(SC)cc2)cc1Br. The molecule has 0 amide bonds. The van der Waals surface area contributed by atoms with E-state index in [9.17, 15) is 0 Å². The molecule has 0 saturated heterocycles. The third kappa shape index (κ3) is 4.51. The minimum absolute atomic E-state index is 0.185. The van der Waals surface area contributed by atoms with Crippen molar-refractivity contribution in [1.29, 1.82) is 0 Å². The van der Waals surface area contributed by atoms with Gasteiger partial charge in [0.25, 0.3) is 0 Å². The molecule has 0 aliphatic rings. The Morgan fingerprint density at radius 3 is 2.33 bits per heavy atom. The predicted octanol–water partition coefficient (Wildman–Crippen LogP) is 6.44. The lowest BCUT2D eigenvalue weighted by Crippen LogP contribution is -1.98. The van der Waals surface area contributed by atoms with Gasteiger partial charge in [-0.05, 0) is 64.0 Å². The van der Waals surface area contributed by atoms with Crippen molar-refractivity contribution >= 4 is 43.6 Å². The van der Waals surface area contributed by atoms with Gasteiger partial charge >= 0.3 is 0 Å². The van der Waals surface area contributed by atoms with Crippen LogP contribution in [0, 0.1) is 0 Å². The number of halogens is 2. The van der Waals surface area contributed by atoms with Gasteiger partial charge in [-0.2, -0.15) is 0 Å². The molecule has 0 aromatic heterocycles. The summed E-state index contributed by atoms with van der Waals surface area (Å²) in [5.74, 6) is 0.901. The second kappa shape index (κ2) is 8.25. The summed E-state index contributed by atoms with van der Waals surface area (Å²) >= 11 is 9.13. The van der Waals surface area contributed by atoms with Crippen LogP contribution >= 0.6 is 43.6 Å². The Bertz CT molecular complexity index is 584. The molecule has 2 aromatic rings. The average Bonchev–Trinajstić information content (AvgIpc) is 2.53. The fourth-order valence-electron chi connectivity index (χ4n) is 1.97. The number of alkyl halides is 1. The molecule has 0 fully saturated rings. The molecule has 2 aromatic carbocycles. The first kappa shape index (κ1) is 16.9. The van der Waals surface area contributed by atoms with E-state index in [1.54, 1.807) is 11.8 Å².